The number of aliphatic carboxylic acids is 1. The van der Waals surface area contributed by atoms with Gasteiger partial charge < -0.3 is 10.8 Å². The molecule has 0 saturated heterocycles. The number of benzene rings is 1. The van der Waals surface area contributed by atoms with E-state index in [-0.39, 0.29) is 6.54 Å². The van der Waals surface area contributed by atoms with Crippen molar-refractivity contribution in [3.05, 3.63) is 32.8 Å². The van der Waals surface area contributed by atoms with Crippen LogP contribution < -0.4 is 5.73 Å². The molecular weight excluding hydrogens is 345 g/mol. The van der Waals surface area contributed by atoms with Crippen molar-refractivity contribution in [1.82, 2.24) is 0 Å². The second kappa shape index (κ2) is 9.61. The zero-order valence-corrected chi connectivity index (χ0v) is 14.9. The van der Waals surface area contributed by atoms with Crippen molar-refractivity contribution in [2.75, 3.05) is 6.54 Å². The number of aryl methyl sites for hydroxylation is 1. The molecule has 0 aliphatic heterocycles. The van der Waals surface area contributed by atoms with E-state index in [0.717, 1.165) is 31.2 Å². The van der Waals surface area contributed by atoms with E-state index in [1.54, 1.807) is 6.07 Å². The zero-order chi connectivity index (χ0) is 16.7. The summed E-state index contributed by atoms with van der Waals surface area (Å²) in [4.78, 5) is 11.1. The van der Waals surface area contributed by atoms with Gasteiger partial charge in [0.1, 0.15) is 0 Å². The Labute approximate surface area is 146 Å². The van der Waals surface area contributed by atoms with Crippen LogP contribution in [-0.2, 0) is 11.2 Å². The number of hydrogen-bond donors (Lipinski definition) is 2. The highest BCUT2D eigenvalue weighted by Gasteiger charge is 2.20. The lowest BCUT2D eigenvalue weighted by Crippen LogP contribution is -2.25. The molecule has 2 atom stereocenters. The van der Waals surface area contributed by atoms with Gasteiger partial charge >= 0.3 is 5.97 Å². The third-order valence-corrected chi connectivity index (χ3v) is 5.02. The average Bonchev–Trinajstić information content (AvgIpc) is 2.47. The van der Waals surface area contributed by atoms with Gasteiger partial charge in [0.25, 0.3) is 0 Å². The third-order valence-electron chi connectivity index (χ3n) is 3.96. The largest absolute Gasteiger partial charge is 0.481 e. The van der Waals surface area contributed by atoms with Crippen molar-refractivity contribution in [1.29, 1.82) is 0 Å². The maximum atomic E-state index is 11.1. The van der Waals surface area contributed by atoms with Crippen molar-refractivity contribution in [3.63, 3.8) is 0 Å². The van der Waals surface area contributed by atoms with E-state index in [0.29, 0.717) is 27.4 Å². The molecule has 0 radical (unpaired) electrons. The van der Waals surface area contributed by atoms with Crippen LogP contribution in [0.5, 0.6) is 0 Å². The fourth-order valence-electron chi connectivity index (χ4n) is 2.56. The minimum Gasteiger partial charge on any atom is -0.481 e. The first-order valence-electron chi connectivity index (χ1n) is 7.45. The molecule has 1 rings (SSSR count). The molecule has 0 aliphatic carbocycles. The molecule has 1 aromatic rings. The van der Waals surface area contributed by atoms with Crippen molar-refractivity contribution >= 4 is 40.8 Å². The number of nitrogens with two attached hydrogens (primary N) is 1. The van der Waals surface area contributed by atoms with Crippen molar-refractivity contribution < 1.29 is 9.90 Å². The summed E-state index contributed by atoms with van der Waals surface area (Å²) in [5.41, 5.74) is 6.45. The summed E-state index contributed by atoms with van der Waals surface area (Å²) in [5.74, 6) is -0.933. The second-order valence-electron chi connectivity index (χ2n) is 5.53. The highest BCUT2D eigenvalue weighted by molar-refractivity contribution is 6.43. The molecule has 0 bridgehead atoms. The van der Waals surface area contributed by atoms with Crippen LogP contribution in [-0.4, -0.2) is 17.6 Å². The van der Waals surface area contributed by atoms with E-state index in [9.17, 15) is 4.79 Å². The highest BCUT2D eigenvalue weighted by atomic mass is 35.5. The van der Waals surface area contributed by atoms with Gasteiger partial charge in [-0.2, -0.15) is 0 Å². The number of rotatable bonds is 9. The standard InChI is InChI=1S/C16H22Cl3NO2/c1-2-10(6-12(9-20)16(21)22)4-3-5-11-7-13(17)8-14(18)15(11)19/h7-8,10,12H,2-6,9,20H2,1H3,(H,21,22). The molecule has 0 saturated carbocycles. The molecular formula is C16H22Cl3NO2. The van der Waals surface area contributed by atoms with Crippen LogP contribution >= 0.6 is 34.8 Å². The summed E-state index contributed by atoms with van der Waals surface area (Å²) < 4.78 is 0. The topological polar surface area (TPSA) is 63.3 Å². The molecule has 0 aromatic heterocycles. The molecule has 3 N–H and O–H groups in total. The summed E-state index contributed by atoms with van der Waals surface area (Å²) in [5, 5.41) is 10.7. The van der Waals surface area contributed by atoms with E-state index >= 15 is 0 Å². The van der Waals surface area contributed by atoms with E-state index in [1.165, 1.54) is 0 Å². The lowest BCUT2D eigenvalue weighted by atomic mass is 9.88. The van der Waals surface area contributed by atoms with Gasteiger partial charge in [0.05, 0.1) is 16.0 Å². The van der Waals surface area contributed by atoms with E-state index < -0.39 is 11.9 Å². The molecule has 0 heterocycles. The molecule has 124 valence electrons. The van der Waals surface area contributed by atoms with Crippen molar-refractivity contribution in [2.24, 2.45) is 17.6 Å². The van der Waals surface area contributed by atoms with Crippen LogP contribution in [0.4, 0.5) is 0 Å². The van der Waals surface area contributed by atoms with Gasteiger partial charge in [0.15, 0.2) is 0 Å². The Morgan fingerprint density at radius 1 is 1.32 bits per heavy atom. The molecule has 0 spiro atoms. The second-order valence-corrected chi connectivity index (χ2v) is 6.76. The van der Waals surface area contributed by atoms with Crippen LogP contribution in [0.3, 0.4) is 0 Å². The minimum absolute atomic E-state index is 0.182. The van der Waals surface area contributed by atoms with Gasteiger partial charge in [0, 0.05) is 11.6 Å². The lowest BCUT2D eigenvalue weighted by Gasteiger charge is -2.19. The molecule has 1 aromatic carbocycles. The molecule has 2 unspecified atom stereocenters. The summed E-state index contributed by atoms with van der Waals surface area (Å²) in [6.45, 7) is 2.25. The van der Waals surface area contributed by atoms with Crippen LogP contribution in [0.25, 0.3) is 0 Å². The first-order valence-corrected chi connectivity index (χ1v) is 8.58. The zero-order valence-electron chi connectivity index (χ0n) is 12.6. The van der Waals surface area contributed by atoms with Crippen molar-refractivity contribution in [3.8, 4) is 0 Å². The van der Waals surface area contributed by atoms with Gasteiger partial charge in [-0.3, -0.25) is 4.79 Å². The Bertz CT molecular complexity index is 508. The van der Waals surface area contributed by atoms with Gasteiger partial charge in [0.2, 0.25) is 0 Å². The van der Waals surface area contributed by atoms with E-state index in [2.05, 4.69) is 6.92 Å². The summed E-state index contributed by atoms with van der Waals surface area (Å²) in [6, 6.07) is 3.46. The minimum atomic E-state index is -0.814. The van der Waals surface area contributed by atoms with Crippen LogP contribution in [0, 0.1) is 11.8 Å². The maximum Gasteiger partial charge on any atom is 0.307 e. The van der Waals surface area contributed by atoms with Crippen LogP contribution in [0.2, 0.25) is 15.1 Å². The summed E-state index contributed by atoms with van der Waals surface area (Å²) >= 11 is 18.2. The number of halogens is 3. The number of carbonyl (C=O) groups is 1. The molecule has 6 heteroatoms. The normalized spacial score (nSPS) is 13.9. The van der Waals surface area contributed by atoms with Gasteiger partial charge in [-0.05, 0) is 42.9 Å². The first kappa shape index (κ1) is 19.6. The number of carboxylic acid groups (broad SMARTS) is 1. The Morgan fingerprint density at radius 3 is 2.55 bits per heavy atom. The maximum absolute atomic E-state index is 11.1. The smallest absolute Gasteiger partial charge is 0.307 e. The van der Waals surface area contributed by atoms with E-state index in [4.69, 9.17) is 45.6 Å². The van der Waals surface area contributed by atoms with Gasteiger partial charge in [-0.1, -0.05) is 54.6 Å². The van der Waals surface area contributed by atoms with E-state index in [1.807, 2.05) is 6.07 Å². The highest BCUT2D eigenvalue weighted by Crippen LogP contribution is 2.31. The molecule has 0 fully saturated rings. The predicted molar refractivity (Wildman–Crippen MR) is 93.0 cm³/mol. The first-order chi connectivity index (χ1) is 10.4. The Hall–Kier alpha value is -0.480. The quantitative estimate of drug-likeness (QED) is 0.601. The van der Waals surface area contributed by atoms with Crippen LogP contribution in [0.15, 0.2) is 12.1 Å². The van der Waals surface area contributed by atoms with Crippen LogP contribution in [0.1, 0.15) is 38.2 Å². The third kappa shape index (κ3) is 5.96. The fraction of sp³-hybridized carbons (Fsp3) is 0.562. The Morgan fingerprint density at radius 2 is 2.00 bits per heavy atom. The fourth-order valence-corrected chi connectivity index (χ4v) is 3.30. The Kier molecular flexibility index (Phi) is 8.55. The van der Waals surface area contributed by atoms with Gasteiger partial charge in [-0.15, -0.1) is 0 Å². The summed E-state index contributed by atoms with van der Waals surface area (Å²) in [7, 11) is 0. The summed E-state index contributed by atoms with van der Waals surface area (Å²) in [6.07, 6.45) is 4.17. The number of carboxylic acids is 1. The molecule has 0 aliphatic rings. The lowest BCUT2D eigenvalue weighted by molar-refractivity contribution is -0.142. The Balaban J connectivity index is 2.56. The SMILES string of the molecule is CCC(CCCc1cc(Cl)cc(Cl)c1Cl)CC(CN)C(=O)O. The molecule has 0 amide bonds. The monoisotopic (exact) mass is 365 g/mol. The van der Waals surface area contributed by atoms with Gasteiger partial charge in [-0.25, -0.2) is 0 Å². The van der Waals surface area contributed by atoms with Crippen molar-refractivity contribution in [2.45, 2.75) is 39.0 Å². The average molecular weight is 367 g/mol. The predicted octanol–water partition coefficient (Wildman–Crippen LogP) is 5.05. The number of hydrogen-bond acceptors (Lipinski definition) is 2. The molecule has 3 nitrogen and oxygen atoms in total. The molecule has 22 heavy (non-hydrogen) atoms.